The molecule has 0 saturated carbocycles. The molecule has 1 aromatic carbocycles. The molecule has 0 bridgehead atoms. The van der Waals surface area contributed by atoms with E-state index < -0.39 is 5.82 Å². The predicted octanol–water partition coefficient (Wildman–Crippen LogP) is 3.38. The van der Waals surface area contributed by atoms with Crippen molar-refractivity contribution in [3.63, 3.8) is 0 Å². The van der Waals surface area contributed by atoms with Crippen LogP contribution in [0.2, 0.25) is 5.02 Å². The van der Waals surface area contributed by atoms with Gasteiger partial charge in [0, 0.05) is 11.6 Å². The van der Waals surface area contributed by atoms with Crippen molar-refractivity contribution in [3.8, 4) is 0 Å². The summed E-state index contributed by atoms with van der Waals surface area (Å²) in [4.78, 5) is 12.6. The Kier molecular flexibility index (Phi) is 3.23. The summed E-state index contributed by atoms with van der Waals surface area (Å²) in [5.74, 6) is 0.0163. The smallest absolute Gasteiger partial charge is 0.165 e. The van der Waals surface area contributed by atoms with Gasteiger partial charge in [-0.1, -0.05) is 11.6 Å². The number of fused-ring (bicyclic) bond motifs is 1. The number of rotatable bonds is 3. The summed E-state index contributed by atoms with van der Waals surface area (Å²) in [5, 5.41) is 3.26. The summed E-state index contributed by atoms with van der Waals surface area (Å²) in [6.07, 6.45) is 3.11. The molecule has 0 aliphatic carbocycles. The molecule has 3 aromatic rings. The van der Waals surface area contributed by atoms with Crippen LogP contribution in [0.3, 0.4) is 0 Å². The molecule has 0 aliphatic rings. The van der Waals surface area contributed by atoms with Crippen LogP contribution in [0.15, 0.2) is 30.9 Å². The first kappa shape index (κ1) is 12.8. The standard InChI is InChI=1S/C13H11ClFN5/c1-2-20-7-18-11-12(16-6-17-13(11)20)19-10-4-3-8(14)5-9(10)15/h3-7H,2H2,1H3,(H,16,17,19). The SMILES string of the molecule is CCn1cnc2c(Nc3ccc(Cl)cc3F)ncnc21. The Labute approximate surface area is 119 Å². The van der Waals surface area contributed by atoms with Gasteiger partial charge in [0.25, 0.3) is 0 Å². The summed E-state index contributed by atoms with van der Waals surface area (Å²) in [6, 6.07) is 4.41. The third-order valence-electron chi connectivity index (χ3n) is 2.93. The summed E-state index contributed by atoms with van der Waals surface area (Å²) in [7, 11) is 0. The van der Waals surface area contributed by atoms with Gasteiger partial charge in [-0.2, -0.15) is 0 Å². The van der Waals surface area contributed by atoms with Gasteiger partial charge in [-0.3, -0.25) is 0 Å². The molecule has 0 aliphatic heterocycles. The second-order valence-electron chi connectivity index (χ2n) is 4.17. The minimum Gasteiger partial charge on any atom is -0.336 e. The van der Waals surface area contributed by atoms with E-state index in [2.05, 4.69) is 20.3 Å². The molecular formula is C13H11ClFN5. The van der Waals surface area contributed by atoms with Crippen LogP contribution in [-0.4, -0.2) is 19.5 Å². The van der Waals surface area contributed by atoms with Crippen LogP contribution in [0.25, 0.3) is 11.2 Å². The molecule has 0 spiro atoms. The zero-order valence-corrected chi connectivity index (χ0v) is 11.4. The van der Waals surface area contributed by atoms with Crippen LogP contribution >= 0.6 is 11.6 Å². The number of aryl methyl sites for hydroxylation is 1. The minimum absolute atomic E-state index is 0.292. The van der Waals surface area contributed by atoms with Gasteiger partial charge in [0.05, 0.1) is 12.0 Å². The van der Waals surface area contributed by atoms with Crippen LogP contribution in [0, 0.1) is 5.82 Å². The van der Waals surface area contributed by atoms with Crippen molar-refractivity contribution in [1.29, 1.82) is 0 Å². The van der Waals surface area contributed by atoms with Gasteiger partial charge in [-0.25, -0.2) is 19.3 Å². The van der Waals surface area contributed by atoms with Crippen LogP contribution in [0.1, 0.15) is 6.92 Å². The first-order valence-corrected chi connectivity index (χ1v) is 6.44. The highest BCUT2D eigenvalue weighted by Crippen LogP contribution is 2.25. The summed E-state index contributed by atoms with van der Waals surface area (Å²) in [5.41, 5.74) is 1.60. The molecule has 0 atom stereocenters. The van der Waals surface area contributed by atoms with Crippen molar-refractivity contribution >= 4 is 34.3 Å². The van der Waals surface area contributed by atoms with E-state index in [1.54, 1.807) is 18.5 Å². The first-order valence-electron chi connectivity index (χ1n) is 6.07. The quantitative estimate of drug-likeness (QED) is 0.804. The second kappa shape index (κ2) is 5.05. The van der Waals surface area contributed by atoms with E-state index in [0.29, 0.717) is 27.7 Å². The molecule has 102 valence electrons. The van der Waals surface area contributed by atoms with Crippen LogP contribution in [0.4, 0.5) is 15.9 Å². The molecule has 0 radical (unpaired) electrons. The van der Waals surface area contributed by atoms with Gasteiger partial charge in [-0.05, 0) is 25.1 Å². The zero-order chi connectivity index (χ0) is 14.1. The molecule has 2 aromatic heterocycles. The molecule has 2 heterocycles. The van der Waals surface area contributed by atoms with Gasteiger partial charge in [0.2, 0.25) is 0 Å². The van der Waals surface area contributed by atoms with Gasteiger partial charge < -0.3 is 9.88 Å². The van der Waals surface area contributed by atoms with Gasteiger partial charge >= 0.3 is 0 Å². The Balaban J connectivity index is 2.04. The van der Waals surface area contributed by atoms with Gasteiger partial charge in [0.1, 0.15) is 12.1 Å². The molecule has 3 rings (SSSR count). The lowest BCUT2D eigenvalue weighted by Gasteiger charge is -2.07. The molecule has 1 N–H and O–H groups in total. The number of imidazole rings is 1. The molecule has 7 heteroatoms. The van der Waals surface area contributed by atoms with E-state index in [9.17, 15) is 4.39 Å². The largest absolute Gasteiger partial charge is 0.336 e. The van der Waals surface area contributed by atoms with Crippen molar-refractivity contribution in [2.45, 2.75) is 13.5 Å². The number of hydrogen-bond donors (Lipinski definition) is 1. The Bertz CT molecular complexity index is 771. The van der Waals surface area contributed by atoms with Crippen LogP contribution < -0.4 is 5.32 Å². The van der Waals surface area contributed by atoms with Crippen molar-refractivity contribution in [2.24, 2.45) is 0 Å². The van der Waals surface area contributed by atoms with Crippen molar-refractivity contribution in [3.05, 3.63) is 41.7 Å². The predicted molar refractivity (Wildman–Crippen MR) is 75.7 cm³/mol. The number of benzene rings is 1. The molecule has 20 heavy (non-hydrogen) atoms. The van der Waals surface area contributed by atoms with E-state index in [0.717, 1.165) is 6.54 Å². The fraction of sp³-hybridized carbons (Fsp3) is 0.154. The third-order valence-corrected chi connectivity index (χ3v) is 3.16. The maximum Gasteiger partial charge on any atom is 0.165 e. The lowest BCUT2D eigenvalue weighted by atomic mass is 10.3. The number of nitrogens with one attached hydrogen (secondary N) is 1. The topological polar surface area (TPSA) is 55.6 Å². The summed E-state index contributed by atoms with van der Waals surface area (Å²) < 4.78 is 15.7. The number of halogens is 2. The number of hydrogen-bond acceptors (Lipinski definition) is 4. The average Bonchev–Trinajstić information content (AvgIpc) is 2.86. The van der Waals surface area contributed by atoms with E-state index in [4.69, 9.17) is 11.6 Å². The fourth-order valence-electron chi connectivity index (χ4n) is 1.92. The maximum atomic E-state index is 13.8. The third kappa shape index (κ3) is 2.18. The number of aromatic nitrogens is 4. The normalized spacial score (nSPS) is 10.9. The summed E-state index contributed by atoms with van der Waals surface area (Å²) >= 11 is 5.73. The van der Waals surface area contributed by atoms with Gasteiger partial charge in [0.15, 0.2) is 17.0 Å². The Morgan fingerprint density at radius 3 is 2.90 bits per heavy atom. The van der Waals surface area contributed by atoms with Crippen LogP contribution in [-0.2, 0) is 6.54 Å². The van der Waals surface area contributed by atoms with Gasteiger partial charge in [-0.15, -0.1) is 0 Å². The molecule has 0 amide bonds. The molecular weight excluding hydrogens is 281 g/mol. The lowest BCUT2D eigenvalue weighted by Crippen LogP contribution is -1.99. The number of nitrogens with zero attached hydrogens (tertiary/aromatic N) is 4. The van der Waals surface area contributed by atoms with E-state index in [1.165, 1.54) is 12.4 Å². The van der Waals surface area contributed by atoms with Crippen molar-refractivity contribution in [1.82, 2.24) is 19.5 Å². The molecule has 0 fully saturated rings. The Morgan fingerprint density at radius 2 is 2.15 bits per heavy atom. The molecule has 5 nitrogen and oxygen atoms in total. The van der Waals surface area contributed by atoms with E-state index in [1.807, 2.05) is 11.5 Å². The molecule has 0 unspecified atom stereocenters. The highest BCUT2D eigenvalue weighted by atomic mass is 35.5. The van der Waals surface area contributed by atoms with E-state index in [-0.39, 0.29) is 0 Å². The molecule has 0 saturated heterocycles. The Morgan fingerprint density at radius 1 is 1.30 bits per heavy atom. The van der Waals surface area contributed by atoms with Crippen molar-refractivity contribution < 1.29 is 4.39 Å². The van der Waals surface area contributed by atoms with E-state index >= 15 is 0 Å². The zero-order valence-electron chi connectivity index (χ0n) is 10.6. The minimum atomic E-state index is -0.445. The highest BCUT2D eigenvalue weighted by molar-refractivity contribution is 6.30. The lowest BCUT2D eigenvalue weighted by molar-refractivity contribution is 0.632. The monoisotopic (exact) mass is 291 g/mol. The second-order valence-corrected chi connectivity index (χ2v) is 4.61. The summed E-state index contributed by atoms with van der Waals surface area (Å²) in [6.45, 7) is 2.75. The maximum absolute atomic E-state index is 13.8. The first-order chi connectivity index (χ1) is 9.69. The average molecular weight is 292 g/mol. The fourth-order valence-corrected chi connectivity index (χ4v) is 2.08. The van der Waals surface area contributed by atoms with Crippen LogP contribution in [0.5, 0.6) is 0 Å². The van der Waals surface area contributed by atoms with Crippen molar-refractivity contribution in [2.75, 3.05) is 5.32 Å². The highest BCUT2D eigenvalue weighted by Gasteiger charge is 2.11. The Hall–Kier alpha value is -2.21. The number of anilines is 2.